The normalized spacial score (nSPS) is 41.3. The fourth-order valence-corrected chi connectivity index (χ4v) is 7.14. The van der Waals surface area contributed by atoms with E-state index in [4.69, 9.17) is 4.74 Å². The van der Waals surface area contributed by atoms with E-state index in [0.29, 0.717) is 12.8 Å². The Kier molecular flexibility index (Phi) is 5.17. The van der Waals surface area contributed by atoms with Gasteiger partial charge in [-0.25, -0.2) is 0 Å². The topological polar surface area (TPSA) is 101 Å². The van der Waals surface area contributed by atoms with Gasteiger partial charge in [-0.1, -0.05) is 38.0 Å². The zero-order valence-electron chi connectivity index (χ0n) is 18.7. The SMILES string of the molecule is CCC(=O)O[C@@]1(C(=O)CO)[C@@H](C)C[C@H]2C3=C([C@@H](O)C[C@@]21C)[C@@]1(C)C=CC(=O)C=C1CC3. The molecule has 1 saturated carbocycles. The Labute approximate surface area is 183 Å². The van der Waals surface area contributed by atoms with Crippen molar-refractivity contribution < 1.29 is 29.3 Å². The predicted octanol–water partition coefficient (Wildman–Crippen LogP) is 2.83. The van der Waals surface area contributed by atoms with Gasteiger partial charge in [0.25, 0.3) is 0 Å². The van der Waals surface area contributed by atoms with Crippen LogP contribution < -0.4 is 0 Å². The van der Waals surface area contributed by atoms with E-state index < -0.39 is 40.9 Å². The number of carbonyl (C=O) groups excluding carboxylic acids is 3. The molecule has 6 heteroatoms. The number of rotatable bonds is 4. The van der Waals surface area contributed by atoms with Gasteiger partial charge in [0.2, 0.25) is 5.78 Å². The average Bonchev–Trinajstić information content (AvgIpc) is 2.94. The number of allylic oxidation sites excluding steroid dienone is 5. The molecule has 0 bridgehead atoms. The van der Waals surface area contributed by atoms with Crippen LogP contribution >= 0.6 is 0 Å². The summed E-state index contributed by atoms with van der Waals surface area (Å²) in [7, 11) is 0. The van der Waals surface area contributed by atoms with Gasteiger partial charge in [0.1, 0.15) is 6.61 Å². The summed E-state index contributed by atoms with van der Waals surface area (Å²) in [6, 6.07) is 0. The Morgan fingerprint density at radius 3 is 2.61 bits per heavy atom. The highest BCUT2D eigenvalue weighted by Crippen LogP contribution is 2.67. The maximum Gasteiger partial charge on any atom is 0.306 e. The Morgan fingerprint density at radius 2 is 1.97 bits per heavy atom. The zero-order chi connectivity index (χ0) is 22.8. The second-order valence-electron chi connectivity index (χ2n) is 10.0. The second kappa shape index (κ2) is 7.24. The number of hydrogen-bond donors (Lipinski definition) is 2. The summed E-state index contributed by atoms with van der Waals surface area (Å²) in [5, 5.41) is 21.3. The van der Waals surface area contributed by atoms with Gasteiger partial charge in [-0.15, -0.1) is 0 Å². The molecule has 4 aliphatic carbocycles. The zero-order valence-corrected chi connectivity index (χ0v) is 18.7. The summed E-state index contributed by atoms with van der Waals surface area (Å²) < 4.78 is 5.91. The van der Waals surface area contributed by atoms with E-state index in [2.05, 4.69) is 0 Å². The first-order valence-corrected chi connectivity index (χ1v) is 11.3. The Hall–Kier alpha value is -2.05. The fourth-order valence-electron chi connectivity index (χ4n) is 7.14. The van der Waals surface area contributed by atoms with Crippen molar-refractivity contribution in [1.29, 1.82) is 0 Å². The number of ketones is 2. The van der Waals surface area contributed by atoms with Crippen LogP contribution in [-0.2, 0) is 19.1 Å². The molecule has 0 saturated heterocycles. The van der Waals surface area contributed by atoms with Crippen LogP contribution in [0.3, 0.4) is 0 Å². The van der Waals surface area contributed by atoms with E-state index in [0.717, 1.165) is 23.1 Å². The molecule has 0 amide bonds. The largest absolute Gasteiger partial charge is 0.450 e. The molecule has 6 nitrogen and oxygen atoms in total. The quantitative estimate of drug-likeness (QED) is 0.528. The second-order valence-corrected chi connectivity index (χ2v) is 10.0. The van der Waals surface area contributed by atoms with E-state index in [1.807, 2.05) is 26.8 Å². The van der Waals surface area contributed by atoms with E-state index in [1.165, 1.54) is 0 Å². The minimum Gasteiger partial charge on any atom is -0.450 e. The van der Waals surface area contributed by atoms with Gasteiger partial charge < -0.3 is 14.9 Å². The number of aliphatic hydroxyl groups is 2. The van der Waals surface area contributed by atoms with Crippen molar-refractivity contribution in [2.24, 2.45) is 22.7 Å². The Balaban J connectivity index is 1.88. The van der Waals surface area contributed by atoms with E-state index in [1.54, 1.807) is 19.1 Å². The summed E-state index contributed by atoms with van der Waals surface area (Å²) in [6.07, 6.45) is 6.77. The molecule has 0 radical (unpaired) electrons. The van der Waals surface area contributed by atoms with E-state index in [9.17, 15) is 24.6 Å². The number of Topliss-reactive ketones (excluding diaryl/α,β-unsaturated/α-hetero) is 1. The lowest BCUT2D eigenvalue weighted by molar-refractivity contribution is -0.191. The lowest BCUT2D eigenvalue weighted by Crippen LogP contribution is -2.61. The molecule has 6 atom stereocenters. The van der Waals surface area contributed by atoms with Crippen molar-refractivity contribution in [3.05, 3.63) is 34.9 Å². The molecule has 2 N–H and O–H groups in total. The number of carbonyl (C=O) groups is 3. The molecule has 0 aromatic heterocycles. The third-order valence-electron chi connectivity index (χ3n) is 8.53. The van der Waals surface area contributed by atoms with E-state index >= 15 is 0 Å². The predicted molar refractivity (Wildman–Crippen MR) is 114 cm³/mol. The van der Waals surface area contributed by atoms with Crippen LogP contribution in [-0.4, -0.2) is 46.1 Å². The molecule has 0 heterocycles. The molecule has 1 fully saturated rings. The van der Waals surface area contributed by atoms with Crippen molar-refractivity contribution in [2.45, 2.75) is 71.5 Å². The summed E-state index contributed by atoms with van der Waals surface area (Å²) in [5.74, 6) is -1.33. The number of aliphatic hydroxyl groups excluding tert-OH is 2. The molecule has 0 aliphatic heterocycles. The summed E-state index contributed by atoms with van der Waals surface area (Å²) in [6.45, 7) is 6.85. The van der Waals surface area contributed by atoms with Crippen molar-refractivity contribution >= 4 is 17.5 Å². The lowest BCUT2D eigenvalue weighted by Gasteiger charge is -2.54. The smallest absolute Gasteiger partial charge is 0.306 e. The molecular weight excluding hydrogens is 396 g/mol. The van der Waals surface area contributed by atoms with Gasteiger partial charge in [-0.2, -0.15) is 0 Å². The molecule has 0 unspecified atom stereocenters. The monoisotopic (exact) mass is 428 g/mol. The summed E-state index contributed by atoms with van der Waals surface area (Å²) in [5.41, 5.74) is 0.264. The third kappa shape index (κ3) is 2.80. The molecule has 0 aromatic carbocycles. The van der Waals surface area contributed by atoms with Crippen LogP contribution in [0.15, 0.2) is 34.9 Å². The lowest BCUT2D eigenvalue weighted by atomic mass is 9.52. The average molecular weight is 429 g/mol. The first kappa shape index (κ1) is 22.2. The number of hydrogen-bond acceptors (Lipinski definition) is 6. The molecular formula is C25H32O6. The number of fused-ring (bicyclic) bond motifs is 4. The van der Waals surface area contributed by atoms with Crippen LogP contribution in [0.2, 0.25) is 0 Å². The molecule has 4 rings (SSSR count). The van der Waals surface area contributed by atoms with Crippen LogP contribution in [0.1, 0.15) is 59.8 Å². The standard InChI is InChI=1S/C25H32O6/c1-5-21(30)31-25(20(29)13-26)14(2)10-18-17-7-6-15-11-16(27)8-9-23(15,3)22(17)19(28)12-24(18,25)4/h8-9,11,14,18-19,26,28H,5-7,10,12-13H2,1-4H3/t14-,18-,19-,23-,24-,25+/m0/s1. The van der Waals surface area contributed by atoms with Gasteiger partial charge in [-0.05, 0) is 56.3 Å². The number of ether oxygens (including phenoxy) is 1. The van der Waals surface area contributed by atoms with Crippen LogP contribution in [0.5, 0.6) is 0 Å². The van der Waals surface area contributed by atoms with E-state index in [-0.39, 0.29) is 30.5 Å². The molecule has 168 valence electrons. The summed E-state index contributed by atoms with van der Waals surface area (Å²) >= 11 is 0. The maximum atomic E-state index is 13.2. The van der Waals surface area contributed by atoms with Crippen molar-refractivity contribution in [2.75, 3.05) is 6.61 Å². The van der Waals surface area contributed by atoms with Gasteiger partial charge >= 0.3 is 5.97 Å². The Morgan fingerprint density at radius 1 is 1.26 bits per heavy atom. The minimum atomic E-state index is -1.46. The Bertz CT molecular complexity index is 942. The van der Waals surface area contributed by atoms with Gasteiger partial charge in [0.15, 0.2) is 11.4 Å². The van der Waals surface area contributed by atoms with Gasteiger partial charge in [-0.3, -0.25) is 14.4 Å². The highest BCUT2D eigenvalue weighted by Gasteiger charge is 2.70. The number of esters is 1. The molecule has 31 heavy (non-hydrogen) atoms. The van der Waals surface area contributed by atoms with Crippen LogP contribution in [0.25, 0.3) is 0 Å². The van der Waals surface area contributed by atoms with Crippen LogP contribution in [0.4, 0.5) is 0 Å². The highest BCUT2D eigenvalue weighted by molar-refractivity contribution is 6.01. The van der Waals surface area contributed by atoms with Crippen LogP contribution in [0, 0.1) is 22.7 Å². The first-order chi connectivity index (χ1) is 14.5. The maximum absolute atomic E-state index is 13.2. The van der Waals surface area contributed by atoms with Gasteiger partial charge in [0, 0.05) is 23.2 Å². The molecule has 0 aromatic rings. The fraction of sp³-hybridized carbons (Fsp3) is 0.640. The highest BCUT2D eigenvalue weighted by atomic mass is 16.6. The minimum absolute atomic E-state index is 0.0276. The van der Waals surface area contributed by atoms with Crippen molar-refractivity contribution in [3.63, 3.8) is 0 Å². The third-order valence-corrected chi connectivity index (χ3v) is 8.53. The van der Waals surface area contributed by atoms with Crippen molar-refractivity contribution in [1.82, 2.24) is 0 Å². The first-order valence-electron chi connectivity index (χ1n) is 11.3. The molecule has 0 spiro atoms. The molecule has 4 aliphatic rings. The van der Waals surface area contributed by atoms with Crippen molar-refractivity contribution in [3.8, 4) is 0 Å². The van der Waals surface area contributed by atoms with Gasteiger partial charge in [0.05, 0.1) is 6.10 Å². The summed E-state index contributed by atoms with van der Waals surface area (Å²) in [4.78, 5) is 37.5.